The van der Waals surface area contributed by atoms with Gasteiger partial charge in [-0.3, -0.25) is 4.98 Å². The summed E-state index contributed by atoms with van der Waals surface area (Å²) in [7, 11) is 0. The summed E-state index contributed by atoms with van der Waals surface area (Å²) in [5, 5.41) is 6.19. The van der Waals surface area contributed by atoms with Crippen molar-refractivity contribution in [1.82, 2.24) is 15.2 Å². The molecule has 1 fully saturated rings. The Morgan fingerprint density at radius 3 is 2.81 bits per heavy atom. The number of hydrogen-bond acceptors (Lipinski definition) is 3. The maximum absolute atomic E-state index is 4.35. The van der Waals surface area contributed by atoms with E-state index in [1.807, 2.05) is 12.4 Å². The molecule has 112 valence electrons. The highest BCUT2D eigenvalue weighted by atomic mass is 15.1. The first-order chi connectivity index (χ1) is 10.4. The zero-order chi connectivity index (χ0) is 14.5. The van der Waals surface area contributed by atoms with Crippen LogP contribution in [0.15, 0.2) is 36.7 Å². The van der Waals surface area contributed by atoms with Gasteiger partial charge in [0.15, 0.2) is 0 Å². The van der Waals surface area contributed by atoms with Crippen molar-refractivity contribution in [2.75, 3.05) is 26.2 Å². The molecule has 1 aliphatic heterocycles. The minimum atomic E-state index is 0.829. The first-order valence-electron chi connectivity index (χ1n) is 8.11. The number of fused-ring (bicyclic) bond motifs is 1. The van der Waals surface area contributed by atoms with Gasteiger partial charge in [0, 0.05) is 24.3 Å². The van der Waals surface area contributed by atoms with Crippen LogP contribution in [0.3, 0.4) is 0 Å². The van der Waals surface area contributed by atoms with Gasteiger partial charge in [0.1, 0.15) is 0 Å². The molecule has 0 spiro atoms. The fourth-order valence-corrected chi connectivity index (χ4v) is 3.24. The van der Waals surface area contributed by atoms with Gasteiger partial charge in [-0.1, -0.05) is 31.2 Å². The predicted octanol–water partition coefficient (Wildman–Crippen LogP) is 3.06. The first-order valence-corrected chi connectivity index (χ1v) is 8.11. The predicted molar refractivity (Wildman–Crippen MR) is 88.3 cm³/mol. The lowest BCUT2D eigenvalue weighted by atomic mass is 9.96. The average Bonchev–Trinajstić information content (AvgIpc) is 2.56. The van der Waals surface area contributed by atoms with E-state index < -0.39 is 0 Å². The zero-order valence-electron chi connectivity index (χ0n) is 12.9. The van der Waals surface area contributed by atoms with Crippen LogP contribution in [-0.2, 0) is 6.54 Å². The molecular weight excluding hydrogens is 258 g/mol. The number of rotatable bonds is 5. The molecule has 21 heavy (non-hydrogen) atoms. The van der Waals surface area contributed by atoms with Crippen LogP contribution in [0.5, 0.6) is 0 Å². The summed E-state index contributed by atoms with van der Waals surface area (Å²) >= 11 is 0. The lowest BCUT2D eigenvalue weighted by Crippen LogP contribution is -2.36. The molecular formula is C18H25N3. The second-order valence-electron chi connectivity index (χ2n) is 6.03. The van der Waals surface area contributed by atoms with Gasteiger partial charge in [0.25, 0.3) is 0 Å². The Bertz CT molecular complexity index is 568. The van der Waals surface area contributed by atoms with Crippen LogP contribution in [-0.4, -0.2) is 36.1 Å². The molecule has 1 saturated heterocycles. The molecule has 0 radical (unpaired) electrons. The number of nitrogens with zero attached hydrogens (tertiary/aromatic N) is 2. The van der Waals surface area contributed by atoms with Crippen LogP contribution in [0.25, 0.3) is 10.8 Å². The summed E-state index contributed by atoms with van der Waals surface area (Å²) in [6, 6.07) is 8.50. The van der Waals surface area contributed by atoms with E-state index in [1.165, 1.54) is 48.8 Å². The van der Waals surface area contributed by atoms with E-state index in [-0.39, 0.29) is 0 Å². The third-order valence-corrected chi connectivity index (χ3v) is 4.65. The number of pyridine rings is 1. The smallest absolute Gasteiger partial charge is 0.0346 e. The van der Waals surface area contributed by atoms with Gasteiger partial charge in [0.2, 0.25) is 0 Å². The van der Waals surface area contributed by atoms with Gasteiger partial charge in [-0.15, -0.1) is 0 Å². The SMILES string of the molecule is CCN1CCC(CNCc2cncc3ccccc23)CC1. The van der Waals surface area contributed by atoms with Crippen molar-refractivity contribution in [2.45, 2.75) is 26.3 Å². The third kappa shape index (κ3) is 3.60. The number of benzene rings is 1. The van der Waals surface area contributed by atoms with Crippen molar-refractivity contribution in [3.8, 4) is 0 Å². The maximum Gasteiger partial charge on any atom is 0.0346 e. The zero-order valence-corrected chi connectivity index (χ0v) is 12.9. The molecule has 0 atom stereocenters. The molecule has 0 bridgehead atoms. The largest absolute Gasteiger partial charge is 0.312 e. The molecule has 1 aliphatic rings. The highest BCUT2D eigenvalue weighted by molar-refractivity contribution is 5.84. The molecule has 1 N–H and O–H groups in total. The van der Waals surface area contributed by atoms with Crippen LogP contribution in [0, 0.1) is 5.92 Å². The van der Waals surface area contributed by atoms with Gasteiger partial charge in [-0.25, -0.2) is 0 Å². The number of nitrogens with one attached hydrogen (secondary N) is 1. The van der Waals surface area contributed by atoms with E-state index in [2.05, 4.69) is 46.4 Å². The Balaban J connectivity index is 1.53. The van der Waals surface area contributed by atoms with E-state index in [9.17, 15) is 0 Å². The van der Waals surface area contributed by atoms with E-state index in [0.717, 1.165) is 19.0 Å². The summed E-state index contributed by atoms with van der Waals surface area (Å²) in [6.45, 7) is 8.02. The van der Waals surface area contributed by atoms with E-state index in [0.29, 0.717) is 0 Å². The molecule has 2 heterocycles. The minimum Gasteiger partial charge on any atom is -0.312 e. The first kappa shape index (κ1) is 14.5. The molecule has 0 unspecified atom stereocenters. The summed E-state index contributed by atoms with van der Waals surface area (Å²) in [6.07, 6.45) is 6.59. The highest BCUT2D eigenvalue weighted by Crippen LogP contribution is 2.18. The Morgan fingerprint density at radius 1 is 1.19 bits per heavy atom. The van der Waals surface area contributed by atoms with Crippen molar-refractivity contribution in [3.05, 3.63) is 42.2 Å². The van der Waals surface area contributed by atoms with E-state index in [1.54, 1.807) is 0 Å². The van der Waals surface area contributed by atoms with Gasteiger partial charge < -0.3 is 10.2 Å². The van der Waals surface area contributed by atoms with Gasteiger partial charge in [0.05, 0.1) is 0 Å². The summed E-state index contributed by atoms with van der Waals surface area (Å²) in [5.74, 6) is 0.829. The summed E-state index contributed by atoms with van der Waals surface area (Å²) in [4.78, 5) is 6.90. The van der Waals surface area contributed by atoms with Crippen molar-refractivity contribution >= 4 is 10.8 Å². The highest BCUT2D eigenvalue weighted by Gasteiger charge is 2.17. The average molecular weight is 283 g/mol. The third-order valence-electron chi connectivity index (χ3n) is 4.65. The monoisotopic (exact) mass is 283 g/mol. The van der Waals surface area contributed by atoms with Crippen LogP contribution < -0.4 is 5.32 Å². The van der Waals surface area contributed by atoms with Crippen molar-refractivity contribution in [2.24, 2.45) is 5.92 Å². The van der Waals surface area contributed by atoms with Crippen LogP contribution >= 0.6 is 0 Å². The van der Waals surface area contributed by atoms with Gasteiger partial charge in [-0.05, 0) is 55.9 Å². The number of piperidine rings is 1. The van der Waals surface area contributed by atoms with Crippen LogP contribution in [0.2, 0.25) is 0 Å². The van der Waals surface area contributed by atoms with Crippen LogP contribution in [0.1, 0.15) is 25.3 Å². The Labute approximate surface area is 127 Å². The van der Waals surface area contributed by atoms with Crippen molar-refractivity contribution < 1.29 is 0 Å². The lowest BCUT2D eigenvalue weighted by Gasteiger charge is -2.31. The molecule has 0 aliphatic carbocycles. The molecule has 0 amide bonds. The lowest BCUT2D eigenvalue weighted by molar-refractivity contribution is 0.190. The molecule has 2 aromatic rings. The molecule has 3 heteroatoms. The van der Waals surface area contributed by atoms with Crippen LogP contribution in [0.4, 0.5) is 0 Å². The number of aromatic nitrogens is 1. The Morgan fingerprint density at radius 2 is 2.00 bits per heavy atom. The topological polar surface area (TPSA) is 28.2 Å². The normalized spacial score (nSPS) is 17.4. The van der Waals surface area contributed by atoms with E-state index >= 15 is 0 Å². The fraction of sp³-hybridized carbons (Fsp3) is 0.500. The second kappa shape index (κ2) is 7.01. The van der Waals surface area contributed by atoms with Crippen molar-refractivity contribution in [3.63, 3.8) is 0 Å². The molecule has 3 nitrogen and oxygen atoms in total. The molecule has 0 saturated carbocycles. The summed E-state index contributed by atoms with van der Waals surface area (Å²) < 4.78 is 0. The van der Waals surface area contributed by atoms with Gasteiger partial charge in [-0.2, -0.15) is 0 Å². The Hall–Kier alpha value is -1.45. The quantitative estimate of drug-likeness (QED) is 0.914. The Kier molecular flexibility index (Phi) is 4.84. The standard InChI is InChI=1S/C18H25N3/c1-2-21-9-7-15(8-10-21)11-19-13-17-14-20-12-16-5-3-4-6-18(16)17/h3-6,12,14-15,19H,2,7-11,13H2,1H3. The number of hydrogen-bond donors (Lipinski definition) is 1. The number of likely N-dealkylation sites (tertiary alicyclic amines) is 1. The molecule has 1 aromatic carbocycles. The van der Waals surface area contributed by atoms with Crippen molar-refractivity contribution in [1.29, 1.82) is 0 Å². The molecule has 1 aromatic heterocycles. The van der Waals surface area contributed by atoms with Gasteiger partial charge >= 0.3 is 0 Å². The molecule has 3 rings (SSSR count). The summed E-state index contributed by atoms with van der Waals surface area (Å²) in [5.41, 5.74) is 1.30. The van der Waals surface area contributed by atoms with E-state index in [4.69, 9.17) is 0 Å². The minimum absolute atomic E-state index is 0.829. The second-order valence-corrected chi connectivity index (χ2v) is 6.03. The maximum atomic E-state index is 4.35. The fourth-order valence-electron chi connectivity index (χ4n) is 3.24.